The van der Waals surface area contributed by atoms with E-state index in [1.165, 1.54) is 0 Å². The Morgan fingerprint density at radius 2 is 2.24 bits per heavy atom. The lowest BCUT2D eigenvalue weighted by Gasteiger charge is -2.16. The number of nitrogens with zero attached hydrogens (tertiary/aromatic N) is 2. The number of aryl methyl sites for hydroxylation is 1. The summed E-state index contributed by atoms with van der Waals surface area (Å²) < 4.78 is 1.64. The average Bonchev–Trinajstić information content (AvgIpc) is 2.23. The Bertz CT molecular complexity index is 401. The molecular formula is C12H21N3O2. The third-order valence-corrected chi connectivity index (χ3v) is 2.46. The van der Waals surface area contributed by atoms with Crippen molar-refractivity contribution in [1.82, 2.24) is 9.55 Å². The van der Waals surface area contributed by atoms with E-state index in [-0.39, 0.29) is 17.7 Å². The second-order valence-corrected chi connectivity index (χ2v) is 4.40. The summed E-state index contributed by atoms with van der Waals surface area (Å²) in [5, 5.41) is 12.3. The monoisotopic (exact) mass is 239 g/mol. The highest BCUT2D eigenvalue weighted by molar-refractivity contribution is 5.31. The molecule has 1 rings (SSSR count). The number of aromatic nitrogens is 2. The number of nitrogens with one attached hydrogen (secondary N) is 1. The lowest BCUT2D eigenvalue weighted by molar-refractivity contribution is 0.179. The molecule has 5 nitrogen and oxygen atoms in total. The highest BCUT2D eigenvalue weighted by Gasteiger charge is 2.10. The van der Waals surface area contributed by atoms with Gasteiger partial charge in [0.1, 0.15) is 0 Å². The van der Waals surface area contributed by atoms with Crippen molar-refractivity contribution in [2.75, 3.05) is 5.32 Å². The molecule has 1 aromatic heterocycles. The molecule has 0 aliphatic carbocycles. The van der Waals surface area contributed by atoms with Crippen molar-refractivity contribution in [2.45, 2.75) is 52.3 Å². The molecule has 2 unspecified atom stereocenters. The zero-order valence-electron chi connectivity index (χ0n) is 10.7. The van der Waals surface area contributed by atoms with Crippen LogP contribution in [0.25, 0.3) is 0 Å². The fourth-order valence-electron chi connectivity index (χ4n) is 1.77. The van der Waals surface area contributed by atoms with Gasteiger partial charge in [-0.2, -0.15) is 0 Å². The van der Waals surface area contributed by atoms with Gasteiger partial charge in [-0.1, -0.05) is 6.92 Å². The molecule has 0 aliphatic heterocycles. The van der Waals surface area contributed by atoms with Crippen molar-refractivity contribution in [2.24, 2.45) is 0 Å². The fraction of sp³-hybridized carbons (Fsp3) is 0.667. The van der Waals surface area contributed by atoms with E-state index in [1.807, 2.05) is 13.8 Å². The van der Waals surface area contributed by atoms with E-state index in [9.17, 15) is 9.90 Å². The van der Waals surface area contributed by atoms with Crippen molar-refractivity contribution >= 4 is 5.82 Å². The summed E-state index contributed by atoms with van der Waals surface area (Å²) in [6, 6.07) is 0.0210. The number of hydrogen-bond donors (Lipinski definition) is 2. The number of anilines is 1. The maximum absolute atomic E-state index is 12.0. The maximum atomic E-state index is 12.0. The average molecular weight is 239 g/mol. The lowest BCUT2D eigenvalue weighted by Crippen LogP contribution is -2.29. The number of rotatable bonds is 6. The molecule has 1 heterocycles. The summed E-state index contributed by atoms with van der Waals surface area (Å²) in [7, 11) is 0. The zero-order valence-corrected chi connectivity index (χ0v) is 10.7. The van der Waals surface area contributed by atoms with E-state index in [1.54, 1.807) is 23.9 Å². The van der Waals surface area contributed by atoms with Crippen molar-refractivity contribution in [1.29, 1.82) is 0 Å². The molecule has 17 heavy (non-hydrogen) atoms. The van der Waals surface area contributed by atoms with Crippen LogP contribution in [0.3, 0.4) is 0 Å². The molecule has 0 spiro atoms. The van der Waals surface area contributed by atoms with Gasteiger partial charge in [0.25, 0.3) is 5.56 Å². The summed E-state index contributed by atoms with van der Waals surface area (Å²) in [5.41, 5.74) is -0.105. The predicted octanol–water partition coefficient (Wildman–Crippen LogP) is 1.22. The Balaban J connectivity index is 2.77. The first-order valence-corrected chi connectivity index (χ1v) is 6.04. The summed E-state index contributed by atoms with van der Waals surface area (Å²) in [6.07, 6.45) is 4.42. The van der Waals surface area contributed by atoms with Crippen molar-refractivity contribution < 1.29 is 5.11 Å². The molecular weight excluding hydrogens is 218 g/mol. The van der Waals surface area contributed by atoms with Gasteiger partial charge in [0, 0.05) is 25.0 Å². The molecule has 0 aromatic carbocycles. The second kappa shape index (κ2) is 6.39. The fourth-order valence-corrected chi connectivity index (χ4v) is 1.77. The topological polar surface area (TPSA) is 67.2 Å². The molecule has 0 saturated heterocycles. The van der Waals surface area contributed by atoms with Crippen LogP contribution in [0.5, 0.6) is 0 Å². The third-order valence-electron chi connectivity index (χ3n) is 2.46. The minimum atomic E-state index is -0.390. The van der Waals surface area contributed by atoms with Crippen LogP contribution < -0.4 is 10.9 Å². The van der Waals surface area contributed by atoms with Crippen LogP contribution in [-0.2, 0) is 6.54 Å². The minimum absolute atomic E-state index is 0.0210. The van der Waals surface area contributed by atoms with Gasteiger partial charge in [0.05, 0.1) is 6.10 Å². The van der Waals surface area contributed by atoms with Crippen LogP contribution in [0.2, 0.25) is 0 Å². The first-order chi connectivity index (χ1) is 8.04. The van der Waals surface area contributed by atoms with Crippen LogP contribution in [-0.4, -0.2) is 26.8 Å². The minimum Gasteiger partial charge on any atom is -0.393 e. The Morgan fingerprint density at radius 3 is 2.82 bits per heavy atom. The number of aliphatic hydroxyl groups excluding tert-OH is 1. The molecule has 0 fully saturated rings. The Morgan fingerprint density at radius 1 is 1.53 bits per heavy atom. The molecule has 5 heteroatoms. The van der Waals surface area contributed by atoms with Gasteiger partial charge < -0.3 is 15.0 Å². The van der Waals surface area contributed by atoms with Crippen LogP contribution in [0.15, 0.2) is 17.2 Å². The smallest absolute Gasteiger partial charge is 0.293 e. The first kappa shape index (κ1) is 13.7. The van der Waals surface area contributed by atoms with Gasteiger partial charge in [-0.05, 0) is 26.7 Å². The molecule has 0 aliphatic rings. The molecule has 0 bridgehead atoms. The highest BCUT2D eigenvalue weighted by Crippen LogP contribution is 2.03. The standard InChI is InChI=1S/C12H21N3O2/c1-4-6-15-7-5-13-11(12(15)17)14-9(2)8-10(3)16/h5,7,9-10,16H,4,6,8H2,1-3H3,(H,13,14). The van der Waals surface area contributed by atoms with Gasteiger partial charge >= 0.3 is 0 Å². The molecule has 96 valence electrons. The summed E-state index contributed by atoms with van der Waals surface area (Å²) in [4.78, 5) is 16.0. The number of hydrogen-bond acceptors (Lipinski definition) is 4. The number of aliphatic hydroxyl groups is 1. The predicted molar refractivity (Wildman–Crippen MR) is 68.2 cm³/mol. The molecule has 0 saturated carbocycles. The van der Waals surface area contributed by atoms with Gasteiger partial charge in [0.15, 0.2) is 5.82 Å². The van der Waals surface area contributed by atoms with Crippen LogP contribution >= 0.6 is 0 Å². The van der Waals surface area contributed by atoms with Gasteiger partial charge in [0.2, 0.25) is 0 Å². The molecule has 2 atom stereocenters. The first-order valence-electron chi connectivity index (χ1n) is 6.04. The van der Waals surface area contributed by atoms with Gasteiger partial charge in [-0.15, -0.1) is 0 Å². The zero-order chi connectivity index (χ0) is 12.8. The van der Waals surface area contributed by atoms with Crippen molar-refractivity contribution in [3.05, 3.63) is 22.7 Å². The van der Waals surface area contributed by atoms with Crippen LogP contribution in [0.1, 0.15) is 33.6 Å². The summed E-state index contributed by atoms with van der Waals surface area (Å²) in [5.74, 6) is 0.356. The van der Waals surface area contributed by atoms with Gasteiger partial charge in [-0.25, -0.2) is 4.98 Å². The quantitative estimate of drug-likeness (QED) is 0.783. The molecule has 0 radical (unpaired) electrons. The van der Waals surface area contributed by atoms with Gasteiger partial charge in [-0.3, -0.25) is 4.79 Å². The van der Waals surface area contributed by atoms with Crippen LogP contribution in [0.4, 0.5) is 5.82 Å². The van der Waals surface area contributed by atoms with Crippen molar-refractivity contribution in [3.63, 3.8) is 0 Å². The molecule has 2 N–H and O–H groups in total. The third kappa shape index (κ3) is 4.19. The van der Waals surface area contributed by atoms with E-state index >= 15 is 0 Å². The van der Waals surface area contributed by atoms with E-state index in [0.717, 1.165) is 6.42 Å². The Labute approximate surface area is 102 Å². The van der Waals surface area contributed by atoms with E-state index in [2.05, 4.69) is 10.3 Å². The summed E-state index contributed by atoms with van der Waals surface area (Å²) >= 11 is 0. The SMILES string of the molecule is CCCn1ccnc(NC(C)CC(C)O)c1=O. The Hall–Kier alpha value is -1.36. The largest absolute Gasteiger partial charge is 0.393 e. The van der Waals surface area contributed by atoms with E-state index in [4.69, 9.17) is 0 Å². The van der Waals surface area contributed by atoms with E-state index in [0.29, 0.717) is 18.8 Å². The second-order valence-electron chi connectivity index (χ2n) is 4.40. The van der Waals surface area contributed by atoms with Crippen LogP contribution in [0, 0.1) is 0 Å². The molecule has 1 aromatic rings. The molecule has 0 amide bonds. The Kier molecular flexibility index (Phi) is 5.15. The lowest BCUT2D eigenvalue weighted by atomic mass is 10.1. The normalized spacial score (nSPS) is 14.4. The maximum Gasteiger partial charge on any atom is 0.293 e. The van der Waals surface area contributed by atoms with Crippen molar-refractivity contribution in [3.8, 4) is 0 Å². The summed E-state index contributed by atoms with van der Waals surface area (Å²) in [6.45, 7) is 6.37. The van der Waals surface area contributed by atoms with E-state index < -0.39 is 0 Å². The highest BCUT2D eigenvalue weighted by atomic mass is 16.3.